The van der Waals surface area contributed by atoms with Crippen LogP contribution in [0.1, 0.15) is 15.9 Å². The minimum absolute atomic E-state index is 0.0723. The molecular weight excluding hydrogens is 566 g/mol. The molecule has 0 fully saturated rings. The van der Waals surface area contributed by atoms with Gasteiger partial charge >= 0.3 is 0 Å². The molecule has 0 radical (unpaired) electrons. The lowest BCUT2D eigenvalue weighted by molar-refractivity contribution is -0.114. The van der Waals surface area contributed by atoms with E-state index >= 15 is 0 Å². The molecule has 0 aliphatic rings. The Hall–Kier alpha value is -5.22. The Labute approximate surface area is 254 Å². The van der Waals surface area contributed by atoms with Gasteiger partial charge in [-0.3, -0.25) is 14.4 Å². The first-order chi connectivity index (χ1) is 20.9. The number of nitrogens with one attached hydrogen (secondary N) is 3. The molecule has 4 aromatic carbocycles. The molecule has 43 heavy (non-hydrogen) atoms. The molecule has 0 unspecified atom stereocenters. The Kier molecular flexibility index (Phi) is 10.8. The second kappa shape index (κ2) is 15.1. The third-order valence-corrected chi connectivity index (χ3v) is 7.13. The minimum atomic E-state index is -0.492. The zero-order chi connectivity index (χ0) is 30.6. The van der Waals surface area contributed by atoms with Crippen LogP contribution in [-0.4, -0.2) is 44.8 Å². The highest BCUT2D eigenvalue weighted by Gasteiger charge is 2.16. The summed E-state index contributed by atoms with van der Waals surface area (Å²) in [6.07, 6.45) is 1.59. The van der Waals surface area contributed by atoms with Gasteiger partial charge in [-0.15, -0.1) is 11.8 Å². The van der Waals surface area contributed by atoms with Crippen LogP contribution in [0.3, 0.4) is 0 Å². The maximum Gasteiger partial charge on any atom is 0.272 e. The van der Waals surface area contributed by atoms with Gasteiger partial charge in [0.2, 0.25) is 5.91 Å². The van der Waals surface area contributed by atoms with Crippen LogP contribution < -0.4 is 30.2 Å². The van der Waals surface area contributed by atoms with E-state index in [0.717, 1.165) is 4.90 Å². The number of thioether (sulfide) groups is 1. The summed E-state index contributed by atoms with van der Waals surface area (Å²) in [4.78, 5) is 39.5. The summed E-state index contributed by atoms with van der Waals surface area (Å²) in [6.45, 7) is 0. The molecule has 0 aromatic heterocycles. The number of hydrogen-bond acceptors (Lipinski definition) is 7. The zero-order valence-corrected chi connectivity index (χ0v) is 24.7. The molecule has 3 amide bonds. The Bertz CT molecular complexity index is 1590. The summed E-state index contributed by atoms with van der Waals surface area (Å²) < 4.78 is 15.7. The first-order valence-electron chi connectivity index (χ1n) is 13.2. The van der Waals surface area contributed by atoms with Gasteiger partial charge in [-0.25, -0.2) is 0 Å². The molecule has 10 heteroatoms. The fourth-order valence-corrected chi connectivity index (χ4v) is 4.58. The molecule has 0 saturated carbocycles. The first kappa shape index (κ1) is 30.7. The van der Waals surface area contributed by atoms with Crippen molar-refractivity contribution in [2.24, 2.45) is 0 Å². The van der Waals surface area contributed by atoms with E-state index in [1.165, 1.54) is 18.9 Å². The number of amides is 3. The third-order valence-electron chi connectivity index (χ3n) is 6.12. The highest BCUT2D eigenvalue weighted by Crippen LogP contribution is 2.29. The highest BCUT2D eigenvalue weighted by atomic mass is 32.2. The summed E-state index contributed by atoms with van der Waals surface area (Å²) in [6, 6.07) is 28.0. The van der Waals surface area contributed by atoms with E-state index in [2.05, 4.69) is 16.0 Å². The summed E-state index contributed by atoms with van der Waals surface area (Å²) in [5.41, 5.74) is 2.27. The van der Waals surface area contributed by atoms with Crippen molar-refractivity contribution >= 4 is 46.9 Å². The molecule has 4 rings (SSSR count). The standard InChI is InChI=1S/C33H31N3O6S/c1-40-25-13-9-22(10-14-25)19-29(36-32(38)23-7-5-4-6-8-23)33(39)34-24-11-16-27(17-12-24)43-21-31(37)35-28-18-15-26(41-2)20-30(28)42-3/h4-20H,21H2,1-3H3,(H,34,39)(H,35,37)(H,36,38)/b29-19-. The fraction of sp³-hybridized carbons (Fsp3) is 0.121. The maximum atomic E-state index is 13.3. The number of rotatable bonds is 12. The van der Waals surface area contributed by atoms with E-state index in [0.29, 0.717) is 39.8 Å². The van der Waals surface area contributed by atoms with Crippen LogP contribution in [0.5, 0.6) is 17.2 Å². The number of ether oxygens (including phenoxy) is 3. The van der Waals surface area contributed by atoms with Gasteiger partial charge in [-0.05, 0) is 72.3 Å². The average Bonchev–Trinajstić information content (AvgIpc) is 3.05. The maximum absolute atomic E-state index is 13.3. The number of carbonyl (C=O) groups excluding carboxylic acids is 3. The number of methoxy groups -OCH3 is 3. The van der Waals surface area contributed by atoms with E-state index in [1.807, 2.05) is 6.07 Å². The van der Waals surface area contributed by atoms with Gasteiger partial charge in [0.15, 0.2) is 0 Å². The van der Waals surface area contributed by atoms with Crippen LogP contribution in [0.4, 0.5) is 11.4 Å². The molecule has 0 saturated heterocycles. The van der Waals surface area contributed by atoms with E-state index < -0.39 is 11.8 Å². The lowest BCUT2D eigenvalue weighted by atomic mass is 10.1. The van der Waals surface area contributed by atoms with E-state index in [4.69, 9.17) is 14.2 Å². The van der Waals surface area contributed by atoms with Gasteiger partial charge in [0.05, 0.1) is 32.8 Å². The monoisotopic (exact) mass is 597 g/mol. The van der Waals surface area contributed by atoms with E-state index in [1.54, 1.807) is 111 Å². The molecule has 4 aromatic rings. The molecule has 0 aliphatic carbocycles. The number of hydrogen-bond donors (Lipinski definition) is 3. The van der Waals surface area contributed by atoms with Crippen LogP contribution in [0.15, 0.2) is 108 Å². The predicted molar refractivity (Wildman–Crippen MR) is 169 cm³/mol. The molecule has 0 atom stereocenters. The number of carbonyl (C=O) groups is 3. The van der Waals surface area contributed by atoms with Gasteiger partial charge in [0.25, 0.3) is 11.8 Å². The highest BCUT2D eigenvalue weighted by molar-refractivity contribution is 8.00. The van der Waals surface area contributed by atoms with Gasteiger partial charge in [-0.1, -0.05) is 30.3 Å². The van der Waals surface area contributed by atoms with Crippen LogP contribution in [0.25, 0.3) is 6.08 Å². The van der Waals surface area contributed by atoms with Gasteiger partial charge in [-0.2, -0.15) is 0 Å². The average molecular weight is 598 g/mol. The molecule has 3 N–H and O–H groups in total. The summed E-state index contributed by atoms with van der Waals surface area (Å²) in [7, 11) is 4.65. The Morgan fingerprint density at radius 3 is 2.07 bits per heavy atom. The van der Waals surface area contributed by atoms with Crippen molar-refractivity contribution in [2.75, 3.05) is 37.7 Å². The normalized spacial score (nSPS) is 10.8. The lowest BCUT2D eigenvalue weighted by Crippen LogP contribution is -2.30. The van der Waals surface area contributed by atoms with Crippen molar-refractivity contribution in [2.45, 2.75) is 4.90 Å². The van der Waals surface area contributed by atoms with Crippen molar-refractivity contribution in [3.8, 4) is 17.2 Å². The second-order valence-electron chi connectivity index (χ2n) is 9.03. The van der Waals surface area contributed by atoms with Crippen molar-refractivity contribution in [1.82, 2.24) is 5.32 Å². The van der Waals surface area contributed by atoms with Crippen LogP contribution >= 0.6 is 11.8 Å². The fourth-order valence-electron chi connectivity index (χ4n) is 3.88. The SMILES string of the molecule is COc1ccc(/C=C(\NC(=O)c2ccccc2)C(=O)Nc2ccc(SCC(=O)Nc3ccc(OC)cc3OC)cc2)cc1. The summed E-state index contributed by atoms with van der Waals surface area (Å²) in [5.74, 6) is 0.861. The second-order valence-corrected chi connectivity index (χ2v) is 10.1. The molecule has 220 valence electrons. The largest absolute Gasteiger partial charge is 0.497 e. The molecule has 0 spiro atoms. The quantitative estimate of drug-likeness (QED) is 0.139. The first-order valence-corrected chi connectivity index (χ1v) is 14.2. The molecular formula is C33H31N3O6S. The zero-order valence-electron chi connectivity index (χ0n) is 23.9. The van der Waals surface area contributed by atoms with Gasteiger partial charge in [0.1, 0.15) is 22.9 Å². The van der Waals surface area contributed by atoms with E-state index in [-0.39, 0.29) is 17.4 Å². The summed E-state index contributed by atoms with van der Waals surface area (Å²) in [5, 5.41) is 8.39. The smallest absolute Gasteiger partial charge is 0.272 e. The minimum Gasteiger partial charge on any atom is -0.497 e. The van der Waals surface area contributed by atoms with Gasteiger partial charge in [0, 0.05) is 22.2 Å². The van der Waals surface area contributed by atoms with Crippen molar-refractivity contribution in [3.63, 3.8) is 0 Å². The Morgan fingerprint density at radius 2 is 1.42 bits per heavy atom. The molecule has 0 aliphatic heterocycles. The van der Waals surface area contributed by atoms with Crippen molar-refractivity contribution in [3.05, 3.63) is 114 Å². The number of benzene rings is 4. The van der Waals surface area contributed by atoms with Crippen LogP contribution in [0, 0.1) is 0 Å². The van der Waals surface area contributed by atoms with Crippen molar-refractivity contribution < 1.29 is 28.6 Å². The van der Waals surface area contributed by atoms with Crippen molar-refractivity contribution in [1.29, 1.82) is 0 Å². The Balaban J connectivity index is 1.40. The molecule has 0 heterocycles. The number of anilines is 2. The lowest BCUT2D eigenvalue weighted by Gasteiger charge is -2.12. The predicted octanol–water partition coefficient (Wildman–Crippen LogP) is 5.85. The van der Waals surface area contributed by atoms with E-state index in [9.17, 15) is 14.4 Å². The Morgan fingerprint density at radius 1 is 0.744 bits per heavy atom. The third kappa shape index (κ3) is 8.88. The molecule has 0 bridgehead atoms. The topological polar surface area (TPSA) is 115 Å². The van der Waals surface area contributed by atoms with Crippen LogP contribution in [0.2, 0.25) is 0 Å². The van der Waals surface area contributed by atoms with Crippen LogP contribution in [-0.2, 0) is 9.59 Å². The molecule has 9 nitrogen and oxygen atoms in total. The van der Waals surface area contributed by atoms with Gasteiger partial charge < -0.3 is 30.2 Å². The summed E-state index contributed by atoms with van der Waals surface area (Å²) >= 11 is 1.34.